The van der Waals surface area contributed by atoms with E-state index < -0.39 is 0 Å². The quantitative estimate of drug-likeness (QED) is 0.676. The third-order valence-electron chi connectivity index (χ3n) is 3.33. The molecular formula is C12H16ClN3O2. The zero-order chi connectivity index (χ0) is 13.1. The summed E-state index contributed by atoms with van der Waals surface area (Å²) < 4.78 is 0. The van der Waals surface area contributed by atoms with Crippen LogP contribution in [-0.2, 0) is 0 Å². The van der Waals surface area contributed by atoms with E-state index in [-0.39, 0.29) is 16.7 Å². The number of hydrogen-bond acceptors (Lipinski definition) is 4. The van der Waals surface area contributed by atoms with Crippen LogP contribution in [0.1, 0.15) is 12.8 Å². The highest BCUT2D eigenvalue weighted by Crippen LogP contribution is 2.36. The summed E-state index contributed by atoms with van der Waals surface area (Å²) in [6.45, 7) is 1.84. The number of piperidine rings is 1. The second-order valence-corrected chi connectivity index (χ2v) is 4.88. The minimum Gasteiger partial charge on any atom is -0.364 e. The van der Waals surface area contributed by atoms with Gasteiger partial charge >= 0.3 is 0 Å². The van der Waals surface area contributed by atoms with Gasteiger partial charge in [-0.05, 0) is 25.5 Å². The van der Waals surface area contributed by atoms with E-state index in [1.54, 1.807) is 12.1 Å². The molecule has 0 saturated carbocycles. The van der Waals surface area contributed by atoms with E-state index in [0.717, 1.165) is 25.9 Å². The molecule has 18 heavy (non-hydrogen) atoms. The maximum absolute atomic E-state index is 11.1. The molecule has 1 unspecified atom stereocenters. The van der Waals surface area contributed by atoms with Gasteiger partial charge in [0.2, 0.25) is 0 Å². The number of hydrogen-bond donors (Lipinski definition) is 1. The Bertz CT molecular complexity index is 447. The summed E-state index contributed by atoms with van der Waals surface area (Å²) in [5, 5.41) is 14.8. The zero-order valence-electron chi connectivity index (χ0n) is 10.2. The average molecular weight is 270 g/mol. The maximum Gasteiger partial charge on any atom is 0.294 e. The van der Waals surface area contributed by atoms with Gasteiger partial charge in [0.25, 0.3) is 5.69 Å². The fourth-order valence-electron chi connectivity index (χ4n) is 2.35. The van der Waals surface area contributed by atoms with Gasteiger partial charge in [0, 0.05) is 25.7 Å². The lowest BCUT2D eigenvalue weighted by Gasteiger charge is -2.33. The van der Waals surface area contributed by atoms with Crippen LogP contribution in [0, 0.1) is 10.1 Å². The molecule has 1 heterocycles. The number of nitrogens with one attached hydrogen (secondary N) is 1. The predicted octanol–water partition coefficient (Wildman–Crippen LogP) is 2.44. The molecule has 6 heteroatoms. The molecule has 2 rings (SSSR count). The van der Waals surface area contributed by atoms with Crippen LogP contribution in [0.3, 0.4) is 0 Å². The molecule has 1 N–H and O–H groups in total. The van der Waals surface area contributed by atoms with E-state index in [4.69, 9.17) is 11.6 Å². The van der Waals surface area contributed by atoms with E-state index in [2.05, 4.69) is 5.32 Å². The summed E-state index contributed by atoms with van der Waals surface area (Å²) in [5.74, 6) is 0. The summed E-state index contributed by atoms with van der Waals surface area (Å²) in [7, 11) is 1.87. The van der Waals surface area contributed by atoms with Crippen LogP contribution in [-0.4, -0.2) is 31.1 Å². The molecule has 5 nitrogen and oxygen atoms in total. The summed E-state index contributed by atoms with van der Waals surface area (Å²) in [6, 6.07) is 5.04. The fourth-order valence-corrected chi connectivity index (χ4v) is 2.65. The lowest BCUT2D eigenvalue weighted by molar-refractivity contribution is -0.384. The van der Waals surface area contributed by atoms with Gasteiger partial charge in [-0.1, -0.05) is 17.7 Å². The van der Waals surface area contributed by atoms with Crippen molar-refractivity contribution in [2.45, 2.75) is 18.9 Å². The topological polar surface area (TPSA) is 58.4 Å². The molecule has 1 aromatic carbocycles. The second kappa shape index (κ2) is 5.54. The predicted molar refractivity (Wildman–Crippen MR) is 72.4 cm³/mol. The van der Waals surface area contributed by atoms with Crippen LogP contribution in [0.15, 0.2) is 18.2 Å². The molecule has 1 fully saturated rings. The molecule has 1 aliphatic heterocycles. The lowest BCUT2D eigenvalue weighted by atomic mass is 10.1. The van der Waals surface area contributed by atoms with Gasteiger partial charge in [-0.2, -0.15) is 0 Å². The summed E-state index contributed by atoms with van der Waals surface area (Å²) in [4.78, 5) is 12.6. The SMILES string of the molecule is CN(c1c(Cl)cccc1[N+](=O)[O-])C1CCCNC1. The standard InChI is InChI=1S/C12H16ClN3O2/c1-15(9-4-3-7-14-8-9)12-10(13)5-2-6-11(12)16(17)18/h2,5-6,9,14H,3-4,7-8H2,1H3. The van der Waals surface area contributed by atoms with Crippen molar-refractivity contribution in [1.29, 1.82) is 0 Å². The van der Waals surface area contributed by atoms with Crippen molar-refractivity contribution in [3.63, 3.8) is 0 Å². The Morgan fingerprint density at radius 1 is 1.56 bits per heavy atom. The largest absolute Gasteiger partial charge is 0.364 e. The zero-order valence-corrected chi connectivity index (χ0v) is 11.0. The third kappa shape index (κ3) is 2.57. The van der Waals surface area contributed by atoms with Crippen LogP contribution in [0.4, 0.5) is 11.4 Å². The van der Waals surface area contributed by atoms with Crippen molar-refractivity contribution in [2.24, 2.45) is 0 Å². The number of halogens is 1. The number of likely N-dealkylation sites (N-methyl/N-ethyl adjacent to an activating group) is 1. The van der Waals surface area contributed by atoms with E-state index in [9.17, 15) is 10.1 Å². The number of benzene rings is 1. The highest BCUT2D eigenvalue weighted by Gasteiger charge is 2.26. The highest BCUT2D eigenvalue weighted by molar-refractivity contribution is 6.33. The van der Waals surface area contributed by atoms with Gasteiger partial charge in [0.15, 0.2) is 0 Å². The Kier molecular flexibility index (Phi) is 4.04. The first-order valence-corrected chi connectivity index (χ1v) is 6.35. The monoisotopic (exact) mass is 269 g/mol. The molecule has 1 atom stereocenters. The first-order valence-electron chi connectivity index (χ1n) is 5.97. The Hall–Kier alpha value is -1.33. The summed E-state index contributed by atoms with van der Waals surface area (Å²) >= 11 is 6.12. The second-order valence-electron chi connectivity index (χ2n) is 4.48. The Morgan fingerprint density at radius 3 is 2.94 bits per heavy atom. The molecule has 1 saturated heterocycles. The van der Waals surface area contributed by atoms with E-state index in [0.29, 0.717) is 10.7 Å². The molecule has 0 bridgehead atoms. The molecular weight excluding hydrogens is 254 g/mol. The molecule has 0 spiro atoms. The van der Waals surface area contributed by atoms with Crippen molar-refractivity contribution in [2.75, 3.05) is 25.0 Å². The number of para-hydroxylation sites is 1. The molecule has 1 aliphatic rings. The number of nitro groups is 1. The minimum atomic E-state index is -0.381. The van der Waals surface area contributed by atoms with Gasteiger partial charge in [-0.3, -0.25) is 10.1 Å². The van der Waals surface area contributed by atoms with Crippen LogP contribution in [0.5, 0.6) is 0 Å². The number of rotatable bonds is 3. The molecule has 1 aromatic rings. The van der Waals surface area contributed by atoms with Gasteiger partial charge in [-0.15, -0.1) is 0 Å². The van der Waals surface area contributed by atoms with Gasteiger partial charge in [0.05, 0.1) is 9.95 Å². The molecule has 0 aromatic heterocycles. The van der Waals surface area contributed by atoms with Crippen molar-refractivity contribution < 1.29 is 4.92 Å². The number of nitro benzene ring substituents is 1. The first-order chi connectivity index (χ1) is 8.61. The van der Waals surface area contributed by atoms with E-state index >= 15 is 0 Å². The van der Waals surface area contributed by atoms with Gasteiger partial charge in [-0.25, -0.2) is 0 Å². The highest BCUT2D eigenvalue weighted by atomic mass is 35.5. The Morgan fingerprint density at radius 2 is 2.33 bits per heavy atom. The lowest BCUT2D eigenvalue weighted by Crippen LogP contribution is -2.44. The molecule has 0 aliphatic carbocycles. The van der Waals surface area contributed by atoms with Crippen molar-refractivity contribution in [3.8, 4) is 0 Å². The average Bonchev–Trinajstić information content (AvgIpc) is 2.38. The van der Waals surface area contributed by atoms with Crippen LogP contribution < -0.4 is 10.2 Å². The normalized spacial score (nSPS) is 19.6. The Labute approximate surface area is 111 Å². The summed E-state index contributed by atoms with van der Waals surface area (Å²) in [5.41, 5.74) is 0.577. The number of nitrogens with zero attached hydrogens (tertiary/aromatic N) is 2. The van der Waals surface area contributed by atoms with Crippen LogP contribution in [0.2, 0.25) is 5.02 Å². The fraction of sp³-hybridized carbons (Fsp3) is 0.500. The van der Waals surface area contributed by atoms with Crippen molar-refractivity contribution in [1.82, 2.24) is 5.32 Å². The smallest absolute Gasteiger partial charge is 0.294 e. The van der Waals surface area contributed by atoms with Gasteiger partial charge < -0.3 is 10.2 Å². The minimum absolute atomic E-state index is 0.0653. The molecule has 98 valence electrons. The van der Waals surface area contributed by atoms with Crippen molar-refractivity contribution >= 4 is 23.0 Å². The van der Waals surface area contributed by atoms with Crippen molar-refractivity contribution in [3.05, 3.63) is 33.3 Å². The van der Waals surface area contributed by atoms with Crippen LogP contribution >= 0.6 is 11.6 Å². The maximum atomic E-state index is 11.1. The van der Waals surface area contributed by atoms with Gasteiger partial charge in [0.1, 0.15) is 5.69 Å². The van der Waals surface area contributed by atoms with Crippen LogP contribution in [0.25, 0.3) is 0 Å². The first kappa shape index (κ1) is 13.1. The third-order valence-corrected chi connectivity index (χ3v) is 3.64. The molecule has 0 radical (unpaired) electrons. The molecule has 0 amide bonds. The number of anilines is 1. The Balaban J connectivity index is 2.33. The van der Waals surface area contributed by atoms with E-state index in [1.165, 1.54) is 6.07 Å². The summed E-state index contributed by atoms with van der Waals surface area (Å²) in [6.07, 6.45) is 2.10. The van der Waals surface area contributed by atoms with E-state index in [1.807, 2.05) is 11.9 Å².